The van der Waals surface area contributed by atoms with Crippen molar-refractivity contribution in [3.8, 4) is 0 Å². The van der Waals surface area contributed by atoms with Crippen molar-refractivity contribution in [3.63, 3.8) is 0 Å². The second-order valence-corrected chi connectivity index (χ2v) is 9.59. The number of hydrogen-bond acceptors (Lipinski definition) is 5. The molecule has 0 aliphatic carbocycles. The average molecular weight is 590 g/mol. The third kappa shape index (κ3) is 6.34. The molecule has 0 bridgehead atoms. The van der Waals surface area contributed by atoms with Crippen molar-refractivity contribution in [2.45, 2.75) is 18.1 Å². The first kappa shape index (κ1) is 23.8. The van der Waals surface area contributed by atoms with Gasteiger partial charge in [-0.1, -0.05) is 35.0 Å². The Kier molecular flexibility index (Phi) is 8.20. The number of nitrogens with zero attached hydrogens (tertiary/aromatic N) is 3. The largest absolute Gasteiger partial charge is 0.342 e. The fraction of sp³-hybridized carbons (Fsp3) is 0.200. The second kappa shape index (κ2) is 10.7. The number of benzene rings is 2. The van der Waals surface area contributed by atoms with Crippen LogP contribution in [0.4, 0.5) is 5.69 Å². The lowest BCUT2D eigenvalue weighted by Crippen LogP contribution is -2.28. The van der Waals surface area contributed by atoms with Crippen molar-refractivity contribution >= 4 is 75.1 Å². The molecule has 2 aromatic carbocycles. The minimum Gasteiger partial charge on any atom is -0.342 e. The second-order valence-electron chi connectivity index (χ2n) is 6.56. The summed E-state index contributed by atoms with van der Waals surface area (Å²) in [4.78, 5) is 24.7. The molecule has 1 aromatic heterocycles. The number of carbonyl (C=O) groups excluding carboxylic acids is 2. The van der Waals surface area contributed by atoms with Gasteiger partial charge in [0.2, 0.25) is 5.91 Å². The molecule has 0 spiro atoms. The molecule has 3 aromatic rings. The molecular weight excluding hydrogens is 572 g/mol. The molecule has 0 saturated heterocycles. The van der Waals surface area contributed by atoms with E-state index < -0.39 is 6.04 Å². The third-order valence-corrected chi connectivity index (χ3v) is 6.53. The fourth-order valence-electron chi connectivity index (χ4n) is 2.70. The van der Waals surface area contributed by atoms with Crippen molar-refractivity contribution in [1.29, 1.82) is 0 Å². The Morgan fingerprint density at radius 2 is 1.87 bits per heavy atom. The maximum atomic E-state index is 12.5. The van der Waals surface area contributed by atoms with Crippen LogP contribution in [-0.2, 0) is 11.8 Å². The molecule has 0 saturated carbocycles. The molecule has 0 aliphatic heterocycles. The molecule has 162 valence electrons. The Labute approximate surface area is 207 Å². The number of rotatable bonds is 7. The molecule has 0 aliphatic rings. The Morgan fingerprint density at radius 3 is 2.55 bits per heavy atom. The molecule has 1 heterocycles. The van der Waals surface area contributed by atoms with Gasteiger partial charge in [0.05, 0.1) is 22.4 Å². The zero-order valence-electron chi connectivity index (χ0n) is 16.5. The summed E-state index contributed by atoms with van der Waals surface area (Å²) in [6.45, 7) is 1.80. The maximum Gasteiger partial charge on any atom is 0.253 e. The predicted octanol–water partition coefficient (Wildman–Crippen LogP) is 4.95. The highest BCUT2D eigenvalue weighted by Crippen LogP contribution is 2.23. The Balaban J connectivity index is 1.59. The van der Waals surface area contributed by atoms with Crippen LogP contribution in [0.2, 0.25) is 10.0 Å². The van der Waals surface area contributed by atoms with E-state index >= 15 is 0 Å². The van der Waals surface area contributed by atoms with Gasteiger partial charge in [0.25, 0.3) is 5.91 Å². The predicted molar refractivity (Wildman–Crippen MR) is 132 cm³/mol. The monoisotopic (exact) mass is 589 g/mol. The molecule has 2 amide bonds. The highest BCUT2D eigenvalue weighted by atomic mass is 127. The van der Waals surface area contributed by atoms with Crippen LogP contribution in [0.3, 0.4) is 0 Å². The van der Waals surface area contributed by atoms with Gasteiger partial charge >= 0.3 is 0 Å². The van der Waals surface area contributed by atoms with Crippen LogP contribution in [0.25, 0.3) is 0 Å². The highest BCUT2D eigenvalue weighted by molar-refractivity contribution is 14.1. The number of amides is 2. The normalized spacial score (nSPS) is 11.8. The summed E-state index contributed by atoms with van der Waals surface area (Å²) in [6.07, 6.45) is 0. The van der Waals surface area contributed by atoms with Crippen LogP contribution in [0.5, 0.6) is 0 Å². The minimum atomic E-state index is -0.424. The summed E-state index contributed by atoms with van der Waals surface area (Å²) in [5, 5.41) is 15.3. The molecule has 0 fully saturated rings. The summed E-state index contributed by atoms with van der Waals surface area (Å²) in [5.41, 5.74) is 1.06. The summed E-state index contributed by atoms with van der Waals surface area (Å²) in [5.74, 6) is 0.246. The number of nitrogens with one attached hydrogen (secondary N) is 2. The van der Waals surface area contributed by atoms with Gasteiger partial charge in [-0.15, -0.1) is 10.2 Å². The van der Waals surface area contributed by atoms with E-state index in [-0.39, 0.29) is 22.6 Å². The molecule has 11 heteroatoms. The first-order valence-electron chi connectivity index (χ1n) is 9.08. The van der Waals surface area contributed by atoms with Gasteiger partial charge in [0, 0.05) is 21.3 Å². The van der Waals surface area contributed by atoms with Crippen LogP contribution in [0, 0.1) is 3.57 Å². The molecule has 7 nitrogen and oxygen atoms in total. The quantitative estimate of drug-likeness (QED) is 0.301. The van der Waals surface area contributed by atoms with E-state index in [2.05, 4.69) is 43.4 Å². The standard InChI is InChI=1S/C20H18Cl2IN5O2S/c1-11(24-19(30)15-8-3-12(21)9-16(15)22)18-26-27-20(28(18)2)31-10-17(29)25-14-6-4-13(23)5-7-14/h3-9,11H,10H2,1-2H3,(H,24,30)(H,25,29)/t11-/m0/s1. The van der Waals surface area contributed by atoms with E-state index in [9.17, 15) is 9.59 Å². The van der Waals surface area contributed by atoms with Gasteiger partial charge in [-0.05, 0) is 72.0 Å². The molecule has 31 heavy (non-hydrogen) atoms. The van der Waals surface area contributed by atoms with Crippen molar-refractivity contribution in [1.82, 2.24) is 20.1 Å². The van der Waals surface area contributed by atoms with Crippen molar-refractivity contribution in [3.05, 3.63) is 67.5 Å². The number of carbonyl (C=O) groups is 2. The Morgan fingerprint density at radius 1 is 1.16 bits per heavy atom. The lowest BCUT2D eigenvalue weighted by atomic mass is 10.2. The summed E-state index contributed by atoms with van der Waals surface area (Å²) in [7, 11) is 1.78. The van der Waals surface area contributed by atoms with Gasteiger partial charge < -0.3 is 15.2 Å². The van der Waals surface area contributed by atoms with E-state index in [0.29, 0.717) is 21.6 Å². The van der Waals surface area contributed by atoms with Crippen molar-refractivity contribution in [2.24, 2.45) is 7.05 Å². The highest BCUT2D eigenvalue weighted by Gasteiger charge is 2.20. The van der Waals surface area contributed by atoms with E-state index in [1.165, 1.54) is 17.8 Å². The summed E-state index contributed by atoms with van der Waals surface area (Å²) >= 11 is 15.5. The molecule has 0 radical (unpaired) electrons. The average Bonchev–Trinajstić information content (AvgIpc) is 3.08. The van der Waals surface area contributed by atoms with E-state index in [0.717, 1.165) is 9.26 Å². The maximum absolute atomic E-state index is 12.5. The van der Waals surface area contributed by atoms with Gasteiger partial charge in [-0.25, -0.2) is 0 Å². The Hall–Kier alpha value is -1.82. The fourth-order valence-corrected chi connectivity index (χ4v) is 4.27. The topological polar surface area (TPSA) is 88.9 Å². The number of hydrogen-bond donors (Lipinski definition) is 2. The van der Waals surface area contributed by atoms with Crippen LogP contribution in [0.1, 0.15) is 29.1 Å². The van der Waals surface area contributed by atoms with E-state index in [4.69, 9.17) is 23.2 Å². The number of halogens is 3. The smallest absolute Gasteiger partial charge is 0.253 e. The van der Waals surface area contributed by atoms with Crippen LogP contribution >= 0.6 is 57.6 Å². The molecule has 0 unspecified atom stereocenters. The van der Waals surface area contributed by atoms with E-state index in [1.807, 2.05) is 24.3 Å². The third-order valence-electron chi connectivity index (χ3n) is 4.24. The SMILES string of the molecule is C[C@H](NC(=O)c1ccc(Cl)cc1Cl)c1nnc(SCC(=O)Nc2ccc(I)cc2)n1C. The first-order valence-corrected chi connectivity index (χ1v) is 11.9. The van der Waals surface area contributed by atoms with E-state index in [1.54, 1.807) is 30.7 Å². The van der Waals surface area contributed by atoms with Crippen LogP contribution in [0.15, 0.2) is 47.6 Å². The van der Waals surface area contributed by atoms with Crippen LogP contribution < -0.4 is 10.6 Å². The minimum absolute atomic E-state index is 0.144. The van der Waals surface area contributed by atoms with Crippen molar-refractivity contribution < 1.29 is 9.59 Å². The number of thioether (sulfide) groups is 1. The number of anilines is 1. The molecule has 1 atom stereocenters. The molecule has 3 rings (SSSR count). The lowest BCUT2D eigenvalue weighted by molar-refractivity contribution is -0.113. The summed E-state index contributed by atoms with van der Waals surface area (Å²) in [6, 6.07) is 11.8. The van der Waals surface area contributed by atoms with Gasteiger partial charge in [0.15, 0.2) is 11.0 Å². The molecular formula is C20H18Cl2IN5O2S. The van der Waals surface area contributed by atoms with Gasteiger partial charge in [0.1, 0.15) is 0 Å². The number of aromatic nitrogens is 3. The van der Waals surface area contributed by atoms with Crippen molar-refractivity contribution in [2.75, 3.05) is 11.1 Å². The zero-order chi connectivity index (χ0) is 22.5. The zero-order valence-corrected chi connectivity index (χ0v) is 21.0. The first-order chi connectivity index (χ1) is 14.7. The molecule has 2 N–H and O–H groups in total. The van der Waals surface area contributed by atoms with Gasteiger partial charge in [-0.3, -0.25) is 9.59 Å². The Bertz CT molecular complexity index is 1110. The van der Waals surface area contributed by atoms with Crippen LogP contribution in [-0.4, -0.2) is 32.3 Å². The summed E-state index contributed by atoms with van der Waals surface area (Å²) < 4.78 is 2.84. The lowest BCUT2D eigenvalue weighted by Gasteiger charge is -2.14. The van der Waals surface area contributed by atoms with Gasteiger partial charge in [-0.2, -0.15) is 0 Å².